The summed E-state index contributed by atoms with van der Waals surface area (Å²) >= 11 is 6.31. The van der Waals surface area contributed by atoms with Crippen LogP contribution in [0.25, 0.3) is 0 Å². The fourth-order valence-corrected chi connectivity index (χ4v) is 2.99. The lowest BCUT2D eigenvalue weighted by Gasteiger charge is -2.24. The van der Waals surface area contributed by atoms with E-state index in [1.807, 2.05) is 18.2 Å². The van der Waals surface area contributed by atoms with Crippen molar-refractivity contribution < 1.29 is 4.52 Å². The number of nitrogens with two attached hydrogens (primary N) is 1. The summed E-state index contributed by atoms with van der Waals surface area (Å²) in [6, 6.07) is 8.33. The quantitative estimate of drug-likeness (QED) is 0.938. The van der Waals surface area contributed by atoms with Crippen molar-refractivity contribution in [2.75, 3.05) is 6.54 Å². The van der Waals surface area contributed by atoms with Crippen LogP contribution in [-0.4, -0.2) is 21.6 Å². The summed E-state index contributed by atoms with van der Waals surface area (Å²) in [5.41, 5.74) is 6.66. The van der Waals surface area contributed by atoms with Gasteiger partial charge >= 0.3 is 0 Å². The van der Waals surface area contributed by atoms with Gasteiger partial charge in [-0.05, 0) is 31.0 Å². The molecular weight excluding hydrogens is 276 g/mol. The summed E-state index contributed by atoms with van der Waals surface area (Å²) in [5, 5.41) is 4.78. The van der Waals surface area contributed by atoms with Crippen molar-refractivity contribution in [3.05, 3.63) is 46.6 Å². The first kappa shape index (κ1) is 13.5. The molecule has 2 aromatic rings. The van der Waals surface area contributed by atoms with Crippen molar-refractivity contribution in [2.45, 2.75) is 32.0 Å². The first-order valence-corrected chi connectivity index (χ1v) is 7.15. The highest BCUT2D eigenvalue weighted by atomic mass is 35.5. The minimum absolute atomic E-state index is 0.279. The molecule has 0 saturated carbocycles. The fourth-order valence-electron chi connectivity index (χ4n) is 2.73. The normalized spacial score (nSPS) is 19.6. The summed E-state index contributed by atoms with van der Waals surface area (Å²) in [6.45, 7) is 1.96. The van der Waals surface area contributed by atoms with Crippen molar-refractivity contribution in [1.29, 1.82) is 0 Å². The first-order valence-electron chi connectivity index (χ1n) is 6.78. The van der Waals surface area contributed by atoms with Gasteiger partial charge in [-0.25, -0.2) is 0 Å². The van der Waals surface area contributed by atoms with Gasteiger partial charge in [0.15, 0.2) is 5.82 Å². The Kier molecular flexibility index (Phi) is 4.00. The first-order chi connectivity index (χ1) is 9.78. The van der Waals surface area contributed by atoms with E-state index in [9.17, 15) is 0 Å². The molecule has 1 aromatic heterocycles. The number of hydrogen-bond donors (Lipinski definition) is 1. The molecule has 1 unspecified atom stereocenters. The molecule has 5 nitrogen and oxygen atoms in total. The molecule has 2 N–H and O–H groups in total. The minimum Gasteiger partial charge on any atom is -0.338 e. The maximum atomic E-state index is 6.31. The highest BCUT2D eigenvalue weighted by molar-refractivity contribution is 6.31. The Morgan fingerprint density at radius 3 is 3.00 bits per heavy atom. The van der Waals surface area contributed by atoms with E-state index in [1.165, 1.54) is 5.56 Å². The molecule has 1 saturated heterocycles. The number of rotatable bonds is 4. The van der Waals surface area contributed by atoms with Crippen LogP contribution in [0.4, 0.5) is 0 Å². The van der Waals surface area contributed by atoms with Crippen LogP contribution >= 0.6 is 11.6 Å². The second-order valence-corrected chi connectivity index (χ2v) is 5.37. The molecule has 20 heavy (non-hydrogen) atoms. The van der Waals surface area contributed by atoms with Gasteiger partial charge < -0.3 is 10.3 Å². The van der Waals surface area contributed by atoms with Crippen molar-refractivity contribution in [2.24, 2.45) is 5.73 Å². The van der Waals surface area contributed by atoms with E-state index in [0.29, 0.717) is 24.3 Å². The molecule has 1 atom stereocenters. The lowest BCUT2D eigenvalue weighted by molar-refractivity contribution is 0.238. The van der Waals surface area contributed by atoms with Gasteiger partial charge in [0.25, 0.3) is 0 Å². The van der Waals surface area contributed by atoms with Gasteiger partial charge in [0.1, 0.15) is 0 Å². The number of nitrogens with zero attached hydrogens (tertiary/aromatic N) is 3. The maximum absolute atomic E-state index is 6.31. The standard InChI is InChI=1S/C14H17ClN4O/c15-11-5-2-1-4-10(11)12-6-3-7-19(12)9-13-17-14(8-16)20-18-13/h1-2,4-5,12H,3,6-9,16H2. The van der Waals surface area contributed by atoms with Crippen LogP contribution in [0.15, 0.2) is 28.8 Å². The Bertz CT molecular complexity index is 586. The molecule has 106 valence electrons. The van der Waals surface area contributed by atoms with Gasteiger partial charge in [-0.2, -0.15) is 4.98 Å². The lowest BCUT2D eigenvalue weighted by Crippen LogP contribution is -2.23. The molecule has 0 radical (unpaired) electrons. The van der Waals surface area contributed by atoms with Gasteiger partial charge in [-0.15, -0.1) is 0 Å². The molecule has 0 aliphatic carbocycles. The number of hydrogen-bond acceptors (Lipinski definition) is 5. The zero-order valence-corrected chi connectivity index (χ0v) is 11.9. The molecule has 2 heterocycles. The molecular formula is C14H17ClN4O. The molecule has 0 spiro atoms. The Labute approximate surface area is 122 Å². The third-order valence-corrected chi connectivity index (χ3v) is 4.00. The van der Waals surface area contributed by atoms with E-state index in [1.54, 1.807) is 0 Å². The molecule has 1 fully saturated rings. The molecule has 0 amide bonds. The average Bonchev–Trinajstić information content (AvgIpc) is 3.09. The summed E-state index contributed by atoms with van der Waals surface area (Å²) in [4.78, 5) is 6.60. The Balaban J connectivity index is 1.77. The van der Waals surface area contributed by atoms with E-state index in [0.717, 1.165) is 24.4 Å². The third kappa shape index (κ3) is 2.70. The van der Waals surface area contributed by atoms with Crippen molar-refractivity contribution in [3.8, 4) is 0 Å². The number of benzene rings is 1. The predicted molar refractivity (Wildman–Crippen MR) is 76.0 cm³/mol. The zero-order valence-electron chi connectivity index (χ0n) is 11.1. The van der Waals surface area contributed by atoms with Gasteiger partial charge in [0, 0.05) is 11.1 Å². The lowest BCUT2D eigenvalue weighted by atomic mass is 10.0. The number of aromatic nitrogens is 2. The molecule has 1 aliphatic heterocycles. The largest absolute Gasteiger partial charge is 0.338 e. The summed E-state index contributed by atoms with van der Waals surface area (Å²) in [6.07, 6.45) is 2.25. The van der Waals surface area contributed by atoms with Crippen molar-refractivity contribution in [1.82, 2.24) is 15.0 Å². The molecule has 1 aliphatic rings. The van der Waals surface area contributed by atoms with E-state index in [4.69, 9.17) is 21.9 Å². The van der Waals surface area contributed by atoms with Crippen molar-refractivity contribution >= 4 is 11.6 Å². The average molecular weight is 293 g/mol. The van der Waals surface area contributed by atoms with E-state index < -0.39 is 0 Å². The number of likely N-dealkylation sites (tertiary alicyclic amines) is 1. The fraction of sp³-hybridized carbons (Fsp3) is 0.429. The second-order valence-electron chi connectivity index (χ2n) is 4.96. The van der Waals surface area contributed by atoms with Gasteiger partial charge in [0.05, 0.1) is 13.1 Å². The van der Waals surface area contributed by atoms with Crippen LogP contribution in [0.5, 0.6) is 0 Å². The van der Waals surface area contributed by atoms with E-state index >= 15 is 0 Å². The maximum Gasteiger partial charge on any atom is 0.240 e. The molecule has 1 aromatic carbocycles. The summed E-state index contributed by atoms with van der Waals surface area (Å²) in [5.74, 6) is 1.16. The van der Waals surface area contributed by atoms with Crippen molar-refractivity contribution in [3.63, 3.8) is 0 Å². The summed E-state index contributed by atoms with van der Waals surface area (Å²) in [7, 11) is 0. The monoisotopic (exact) mass is 292 g/mol. The Morgan fingerprint density at radius 2 is 2.25 bits per heavy atom. The Hall–Kier alpha value is -1.43. The third-order valence-electron chi connectivity index (χ3n) is 3.66. The SMILES string of the molecule is NCc1nc(CN2CCCC2c2ccccc2Cl)no1. The van der Waals surface area contributed by atoms with Gasteiger partial charge in [-0.3, -0.25) is 4.90 Å². The van der Waals surface area contributed by atoms with Crippen LogP contribution in [0.2, 0.25) is 5.02 Å². The Morgan fingerprint density at radius 1 is 1.40 bits per heavy atom. The second kappa shape index (κ2) is 5.91. The number of halogens is 1. The topological polar surface area (TPSA) is 68.2 Å². The highest BCUT2D eigenvalue weighted by Crippen LogP contribution is 2.36. The smallest absolute Gasteiger partial charge is 0.240 e. The van der Waals surface area contributed by atoms with Crippen LogP contribution in [0.3, 0.4) is 0 Å². The zero-order chi connectivity index (χ0) is 13.9. The van der Waals surface area contributed by atoms with Crippen LogP contribution in [0.1, 0.15) is 36.2 Å². The molecule has 0 bridgehead atoms. The van der Waals surface area contributed by atoms with Crippen LogP contribution in [-0.2, 0) is 13.1 Å². The highest BCUT2D eigenvalue weighted by Gasteiger charge is 2.28. The summed E-state index contributed by atoms with van der Waals surface area (Å²) < 4.78 is 5.05. The van der Waals surface area contributed by atoms with E-state index in [2.05, 4.69) is 21.1 Å². The van der Waals surface area contributed by atoms with E-state index in [-0.39, 0.29) is 6.54 Å². The minimum atomic E-state index is 0.279. The molecule has 6 heteroatoms. The van der Waals surface area contributed by atoms with Gasteiger partial charge in [-0.1, -0.05) is 35.0 Å². The van der Waals surface area contributed by atoms with Crippen LogP contribution in [0, 0.1) is 0 Å². The van der Waals surface area contributed by atoms with Gasteiger partial charge in [0.2, 0.25) is 5.89 Å². The predicted octanol–water partition coefficient (Wildman–Crippen LogP) is 2.52. The van der Waals surface area contributed by atoms with Crippen LogP contribution < -0.4 is 5.73 Å². The molecule has 3 rings (SSSR count).